The van der Waals surface area contributed by atoms with Crippen LogP contribution in [-0.4, -0.2) is 54.0 Å². The highest BCUT2D eigenvalue weighted by atomic mass is 16.5. The molecule has 6 nitrogen and oxygen atoms in total. The van der Waals surface area contributed by atoms with E-state index in [2.05, 4.69) is 27.1 Å². The Hall–Kier alpha value is -1.24. The van der Waals surface area contributed by atoms with Gasteiger partial charge in [-0.1, -0.05) is 6.92 Å². The highest BCUT2D eigenvalue weighted by molar-refractivity contribution is 5.30. The zero-order chi connectivity index (χ0) is 15.1. The van der Waals surface area contributed by atoms with Gasteiger partial charge in [0.25, 0.3) is 0 Å². The third-order valence-electron chi connectivity index (χ3n) is 3.55. The molecule has 6 heteroatoms. The number of aliphatic hydroxyl groups is 1. The van der Waals surface area contributed by atoms with Crippen molar-refractivity contribution in [2.24, 2.45) is 5.92 Å². The van der Waals surface area contributed by atoms with Crippen molar-refractivity contribution in [3.8, 4) is 0 Å². The van der Waals surface area contributed by atoms with Crippen molar-refractivity contribution in [3.05, 3.63) is 18.0 Å². The van der Waals surface area contributed by atoms with Gasteiger partial charge < -0.3 is 20.1 Å². The van der Waals surface area contributed by atoms with Crippen LogP contribution in [0.25, 0.3) is 0 Å². The third-order valence-corrected chi connectivity index (χ3v) is 3.55. The van der Waals surface area contributed by atoms with Crippen molar-refractivity contribution < 1.29 is 9.84 Å². The average Bonchev–Trinajstić information content (AvgIpc) is 2.48. The summed E-state index contributed by atoms with van der Waals surface area (Å²) in [6, 6.07) is 0. The normalized spacial score (nSPS) is 18.5. The van der Waals surface area contributed by atoms with E-state index in [0.29, 0.717) is 5.92 Å². The van der Waals surface area contributed by atoms with Crippen molar-refractivity contribution in [1.29, 1.82) is 0 Å². The summed E-state index contributed by atoms with van der Waals surface area (Å²) in [5.41, 5.74) is 1.08. The van der Waals surface area contributed by atoms with Crippen molar-refractivity contribution in [1.82, 2.24) is 15.3 Å². The van der Waals surface area contributed by atoms with Crippen LogP contribution in [0, 0.1) is 5.92 Å². The van der Waals surface area contributed by atoms with Crippen molar-refractivity contribution in [2.75, 3.05) is 37.7 Å². The molecule has 21 heavy (non-hydrogen) atoms. The van der Waals surface area contributed by atoms with E-state index in [0.717, 1.165) is 57.3 Å². The molecule has 0 bridgehead atoms. The highest BCUT2D eigenvalue weighted by Crippen LogP contribution is 2.09. The largest absolute Gasteiger partial charge is 0.393 e. The van der Waals surface area contributed by atoms with Crippen molar-refractivity contribution in [3.63, 3.8) is 0 Å². The number of aromatic nitrogens is 2. The summed E-state index contributed by atoms with van der Waals surface area (Å²) < 4.78 is 5.32. The Labute approximate surface area is 126 Å². The molecule has 2 heterocycles. The topological polar surface area (TPSA) is 70.5 Å². The number of morpholine rings is 1. The van der Waals surface area contributed by atoms with Crippen LogP contribution in [0.1, 0.15) is 25.8 Å². The summed E-state index contributed by atoms with van der Waals surface area (Å²) in [6.07, 6.45) is 4.34. The van der Waals surface area contributed by atoms with E-state index in [4.69, 9.17) is 4.74 Å². The van der Waals surface area contributed by atoms with Crippen molar-refractivity contribution in [2.45, 2.75) is 32.9 Å². The van der Waals surface area contributed by atoms with Gasteiger partial charge in [-0.2, -0.15) is 0 Å². The third kappa shape index (κ3) is 5.57. The Kier molecular flexibility index (Phi) is 6.35. The Morgan fingerprint density at radius 2 is 1.95 bits per heavy atom. The van der Waals surface area contributed by atoms with Crippen LogP contribution < -0.4 is 10.2 Å². The van der Waals surface area contributed by atoms with E-state index in [-0.39, 0.29) is 6.10 Å². The Bertz CT molecular complexity index is 405. The van der Waals surface area contributed by atoms with Crippen LogP contribution >= 0.6 is 0 Å². The number of rotatable bonds is 7. The number of aliphatic hydroxyl groups excluding tert-OH is 1. The predicted molar refractivity (Wildman–Crippen MR) is 82.2 cm³/mol. The molecule has 2 unspecified atom stereocenters. The molecule has 1 aliphatic heterocycles. The molecule has 0 aliphatic carbocycles. The summed E-state index contributed by atoms with van der Waals surface area (Å²) in [6.45, 7) is 8.81. The van der Waals surface area contributed by atoms with Gasteiger partial charge in [0.2, 0.25) is 5.95 Å². The summed E-state index contributed by atoms with van der Waals surface area (Å²) in [5.74, 6) is 1.24. The summed E-state index contributed by atoms with van der Waals surface area (Å²) >= 11 is 0. The zero-order valence-corrected chi connectivity index (χ0v) is 13.0. The van der Waals surface area contributed by atoms with Gasteiger partial charge in [-0.3, -0.25) is 0 Å². The smallest absolute Gasteiger partial charge is 0.225 e. The Morgan fingerprint density at radius 1 is 1.29 bits per heavy atom. The maximum atomic E-state index is 9.33. The predicted octanol–water partition coefficient (Wildman–Crippen LogP) is 0.810. The second-order valence-electron chi connectivity index (χ2n) is 5.81. The fourth-order valence-corrected chi connectivity index (χ4v) is 2.49. The lowest BCUT2D eigenvalue weighted by Gasteiger charge is -2.26. The molecule has 118 valence electrons. The first kappa shape index (κ1) is 16.1. The molecule has 0 amide bonds. The summed E-state index contributed by atoms with van der Waals surface area (Å²) in [4.78, 5) is 11.0. The Morgan fingerprint density at radius 3 is 2.57 bits per heavy atom. The van der Waals surface area contributed by atoms with Gasteiger partial charge >= 0.3 is 0 Å². The Balaban J connectivity index is 1.74. The van der Waals surface area contributed by atoms with E-state index >= 15 is 0 Å². The van der Waals surface area contributed by atoms with Gasteiger partial charge in [0.15, 0.2) is 0 Å². The minimum Gasteiger partial charge on any atom is -0.393 e. The van der Waals surface area contributed by atoms with Crippen LogP contribution in [0.4, 0.5) is 5.95 Å². The lowest BCUT2D eigenvalue weighted by atomic mass is 10.0. The minimum absolute atomic E-state index is 0.238. The molecular formula is C15H26N4O2. The van der Waals surface area contributed by atoms with Gasteiger partial charge in [-0.05, 0) is 25.8 Å². The standard InChI is InChI=1S/C15H26N4O2/c1-12(7-13(2)20)8-16-9-14-10-17-15(18-11-14)19-3-5-21-6-4-19/h10-13,16,20H,3-9H2,1-2H3. The number of hydrogen-bond donors (Lipinski definition) is 2. The quantitative estimate of drug-likeness (QED) is 0.775. The maximum absolute atomic E-state index is 9.33. The first-order chi connectivity index (χ1) is 10.1. The fraction of sp³-hybridized carbons (Fsp3) is 0.733. The molecule has 1 aliphatic rings. The average molecular weight is 294 g/mol. The first-order valence-electron chi connectivity index (χ1n) is 7.67. The molecule has 0 aromatic carbocycles. The number of nitrogens with zero attached hydrogens (tertiary/aromatic N) is 3. The van der Waals surface area contributed by atoms with Crippen molar-refractivity contribution >= 4 is 5.95 Å². The molecule has 1 fully saturated rings. The van der Waals surface area contributed by atoms with Crippen LogP contribution in [0.15, 0.2) is 12.4 Å². The van der Waals surface area contributed by atoms with Crippen LogP contribution in [-0.2, 0) is 11.3 Å². The highest BCUT2D eigenvalue weighted by Gasteiger charge is 2.13. The molecule has 0 radical (unpaired) electrons. The molecule has 2 N–H and O–H groups in total. The minimum atomic E-state index is -0.238. The number of nitrogens with one attached hydrogen (secondary N) is 1. The van der Waals surface area contributed by atoms with E-state index in [9.17, 15) is 5.11 Å². The molecule has 0 saturated carbocycles. The van der Waals surface area contributed by atoms with Gasteiger partial charge in [-0.15, -0.1) is 0 Å². The van der Waals surface area contributed by atoms with Gasteiger partial charge in [-0.25, -0.2) is 9.97 Å². The van der Waals surface area contributed by atoms with Gasteiger partial charge in [0.05, 0.1) is 19.3 Å². The molecule has 2 rings (SSSR count). The molecule has 1 aromatic rings. The second-order valence-corrected chi connectivity index (χ2v) is 5.81. The molecule has 1 aromatic heterocycles. The molecular weight excluding hydrogens is 268 g/mol. The van der Waals surface area contributed by atoms with E-state index < -0.39 is 0 Å². The van der Waals surface area contributed by atoms with Crippen LogP contribution in [0.3, 0.4) is 0 Å². The number of hydrogen-bond acceptors (Lipinski definition) is 6. The van der Waals surface area contributed by atoms with E-state index in [1.807, 2.05) is 19.3 Å². The molecule has 0 spiro atoms. The number of ether oxygens (including phenoxy) is 1. The summed E-state index contributed by atoms with van der Waals surface area (Å²) in [7, 11) is 0. The lowest BCUT2D eigenvalue weighted by Crippen LogP contribution is -2.37. The monoisotopic (exact) mass is 294 g/mol. The lowest BCUT2D eigenvalue weighted by molar-refractivity contribution is 0.122. The fourth-order valence-electron chi connectivity index (χ4n) is 2.49. The van der Waals surface area contributed by atoms with E-state index in [1.54, 1.807) is 0 Å². The number of anilines is 1. The first-order valence-corrected chi connectivity index (χ1v) is 7.67. The van der Waals surface area contributed by atoms with Gasteiger partial charge in [0, 0.05) is 37.6 Å². The SMILES string of the molecule is CC(O)CC(C)CNCc1cnc(N2CCOCC2)nc1. The van der Waals surface area contributed by atoms with Crippen LogP contribution in [0.2, 0.25) is 0 Å². The molecule has 2 atom stereocenters. The van der Waals surface area contributed by atoms with Gasteiger partial charge in [0.1, 0.15) is 0 Å². The zero-order valence-electron chi connectivity index (χ0n) is 13.0. The van der Waals surface area contributed by atoms with Crippen LogP contribution in [0.5, 0.6) is 0 Å². The van der Waals surface area contributed by atoms with E-state index in [1.165, 1.54) is 0 Å². The maximum Gasteiger partial charge on any atom is 0.225 e. The molecule has 1 saturated heterocycles. The summed E-state index contributed by atoms with van der Waals surface area (Å²) in [5, 5.41) is 12.7. The second kappa shape index (κ2) is 8.26.